The van der Waals surface area contributed by atoms with E-state index in [4.69, 9.17) is 15.2 Å². The van der Waals surface area contributed by atoms with E-state index in [9.17, 15) is 0 Å². The molecule has 0 amide bonds. The van der Waals surface area contributed by atoms with Gasteiger partial charge in [0.15, 0.2) is 0 Å². The minimum atomic E-state index is -0.159. The maximum atomic E-state index is 6.40. The molecule has 2 aromatic carbocycles. The molecule has 110 valence electrons. The van der Waals surface area contributed by atoms with Crippen LogP contribution in [0.5, 0.6) is 11.5 Å². The fraction of sp³-hybridized carbons (Fsp3) is 0.333. The molecular weight excluding hydrogens is 262 g/mol. The Morgan fingerprint density at radius 1 is 1.14 bits per heavy atom. The summed E-state index contributed by atoms with van der Waals surface area (Å²) in [5.41, 5.74) is 8.68. The highest BCUT2D eigenvalue weighted by atomic mass is 16.5. The Bertz CT molecular complexity index is 599. The molecule has 0 saturated heterocycles. The van der Waals surface area contributed by atoms with Gasteiger partial charge in [-0.05, 0) is 43.2 Å². The van der Waals surface area contributed by atoms with Gasteiger partial charge in [0.2, 0.25) is 0 Å². The maximum absolute atomic E-state index is 6.40. The van der Waals surface area contributed by atoms with Crippen LogP contribution in [0.3, 0.4) is 0 Å². The SMILES string of the molecule is CC(C)Oc1cccc(C(N)C2Cc3ccccc3O2)c1. The van der Waals surface area contributed by atoms with Gasteiger partial charge in [-0.3, -0.25) is 0 Å². The first-order chi connectivity index (χ1) is 10.1. The maximum Gasteiger partial charge on any atom is 0.123 e. The molecule has 0 spiro atoms. The second-order valence-corrected chi connectivity index (χ2v) is 5.73. The molecule has 2 unspecified atom stereocenters. The summed E-state index contributed by atoms with van der Waals surface area (Å²) >= 11 is 0. The van der Waals surface area contributed by atoms with Crippen molar-refractivity contribution in [2.45, 2.75) is 38.5 Å². The first kappa shape index (κ1) is 14.0. The van der Waals surface area contributed by atoms with Gasteiger partial charge in [-0.2, -0.15) is 0 Å². The van der Waals surface area contributed by atoms with Crippen LogP contribution in [0, 0.1) is 0 Å². The number of nitrogens with two attached hydrogens (primary N) is 1. The van der Waals surface area contributed by atoms with Gasteiger partial charge < -0.3 is 15.2 Å². The predicted molar refractivity (Wildman–Crippen MR) is 83.7 cm³/mol. The first-order valence-corrected chi connectivity index (χ1v) is 7.40. The fourth-order valence-electron chi connectivity index (χ4n) is 2.69. The number of hydrogen-bond acceptors (Lipinski definition) is 3. The average Bonchev–Trinajstić information content (AvgIpc) is 2.90. The molecule has 0 fully saturated rings. The molecule has 2 atom stereocenters. The lowest BCUT2D eigenvalue weighted by molar-refractivity contribution is 0.199. The van der Waals surface area contributed by atoms with Crippen molar-refractivity contribution in [1.29, 1.82) is 0 Å². The van der Waals surface area contributed by atoms with Gasteiger partial charge in [-0.25, -0.2) is 0 Å². The number of para-hydroxylation sites is 1. The number of hydrogen-bond donors (Lipinski definition) is 1. The second kappa shape index (κ2) is 5.78. The Morgan fingerprint density at radius 2 is 1.95 bits per heavy atom. The second-order valence-electron chi connectivity index (χ2n) is 5.73. The topological polar surface area (TPSA) is 44.5 Å². The van der Waals surface area contributed by atoms with Crippen LogP contribution in [0.15, 0.2) is 48.5 Å². The highest BCUT2D eigenvalue weighted by Crippen LogP contribution is 2.33. The van der Waals surface area contributed by atoms with Crippen molar-refractivity contribution in [2.24, 2.45) is 5.73 Å². The highest BCUT2D eigenvalue weighted by molar-refractivity contribution is 5.39. The van der Waals surface area contributed by atoms with E-state index in [-0.39, 0.29) is 18.2 Å². The van der Waals surface area contributed by atoms with Crippen molar-refractivity contribution in [1.82, 2.24) is 0 Å². The van der Waals surface area contributed by atoms with E-state index >= 15 is 0 Å². The smallest absolute Gasteiger partial charge is 0.123 e. The van der Waals surface area contributed by atoms with E-state index in [1.807, 2.05) is 56.3 Å². The van der Waals surface area contributed by atoms with Gasteiger partial charge >= 0.3 is 0 Å². The van der Waals surface area contributed by atoms with Crippen molar-refractivity contribution in [3.05, 3.63) is 59.7 Å². The molecule has 0 radical (unpaired) electrons. The molecular formula is C18H21NO2. The summed E-state index contributed by atoms with van der Waals surface area (Å²) in [5.74, 6) is 1.81. The van der Waals surface area contributed by atoms with Crippen molar-refractivity contribution in [2.75, 3.05) is 0 Å². The minimum Gasteiger partial charge on any atom is -0.491 e. The number of rotatable bonds is 4. The molecule has 1 aliphatic heterocycles. The Hall–Kier alpha value is -2.00. The number of fused-ring (bicyclic) bond motifs is 1. The predicted octanol–water partition coefficient (Wildman–Crippen LogP) is 3.48. The molecule has 21 heavy (non-hydrogen) atoms. The molecule has 3 heteroatoms. The first-order valence-electron chi connectivity index (χ1n) is 7.40. The Kier molecular flexibility index (Phi) is 3.84. The van der Waals surface area contributed by atoms with Crippen LogP contribution in [0.1, 0.15) is 31.0 Å². The Balaban J connectivity index is 1.76. The molecule has 2 aromatic rings. The third-order valence-electron chi connectivity index (χ3n) is 3.69. The van der Waals surface area contributed by atoms with E-state index in [2.05, 4.69) is 6.07 Å². The summed E-state index contributed by atoms with van der Waals surface area (Å²) in [6.45, 7) is 4.03. The summed E-state index contributed by atoms with van der Waals surface area (Å²) in [7, 11) is 0. The lowest BCUT2D eigenvalue weighted by atomic mass is 9.98. The van der Waals surface area contributed by atoms with Crippen LogP contribution >= 0.6 is 0 Å². The van der Waals surface area contributed by atoms with Crippen LogP contribution < -0.4 is 15.2 Å². The van der Waals surface area contributed by atoms with Crippen LogP contribution in [0.2, 0.25) is 0 Å². The average molecular weight is 283 g/mol. The third kappa shape index (κ3) is 3.03. The van der Waals surface area contributed by atoms with E-state index in [0.29, 0.717) is 0 Å². The van der Waals surface area contributed by atoms with Gasteiger partial charge in [0.25, 0.3) is 0 Å². The van der Waals surface area contributed by atoms with Gasteiger partial charge in [0.05, 0.1) is 12.1 Å². The zero-order chi connectivity index (χ0) is 14.8. The highest BCUT2D eigenvalue weighted by Gasteiger charge is 2.29. The van der Waals surface area contributed by atoms with Crippen LogP contribution in [-0.2, 0) is 6.42 Å². The summed E-state index contributed by atoms with van der Waals surface area (Å²) < 4.78 is 11.7. The van der Waals surface area contributed by atoms with Crippen molar-refractivity contribution in [3.63, 3.8) is 0 Å². The summed E-state index contributed by atoms with van der Waals surface area (Å²) in [6, 6.07) is 15.9. The standard InChI is InChI=1S/C18H21NO2/c1-12(2)20-15-8-5-7-14(10-15)18(19)17-11-13-6-3-4-9-16(13)21-17/h3-10,12,17-18H,11,19H2,1-2H3. The molecule has 0 aliphatic carbocycles. The minimum absolute atomic E-state index is 0.0169. The Morgan fingerprint density at radius 3 is 2.71 bits per heavy atom. The third-order valence-corrected chi connectivity index (χ3v) is 3.69. The van der Waals surface area contributed by atoms with Crippen LogP contribution in [-0.4, -0.2) is 12.2 Å². The van der Waals surface area contributed by atoms with Crippen LogP contribution in [0.25, 0.3) is 0 Å². The van der Waals surface area contributed by atoms with E-state index in [1.54, 1.807) is 0 Å². The summed E-state index contributed by atoms with van der Waals surface area (Å²) in [5, 5.41) is 0. The summed E-state index contributed by atoms with van der Waals surface area (Å²) in [6.07, 6.45) is 0.993. The van der Waals surface area contributed by atoms with E-state index < -0.39 is 0 Å². The van der Waals surface area contributed by atoms with Gasteiger partial charge in [0.1, 0.15) is 17.6 Å². The molecule has 2 N–H and O–H groups in total. The Labute approximate surface area is 125 Å². The zero-order valence-electron chi connectivity index (χ0n) is 12.5. The molecule has 1 aliphatic rings. The molecule has 3 nitrogen and oxygen atoms in total. The van der Waals surface area contributed by atoms with Crippen molar-refractivity contribution >= 4 is 0 Å². The molecule has 1 heterocycles. The van der Waals surface area contributed by atoms with Gasteiger partial charge in [-0.15, -0.1) is 0 Å². The van der Waals surface area contributed by atoms with Gasteiger partial charge in [-0.1, -0.05) is 30.3 Å². The lowest BCUT2D eigenvalue weighted by Crippen LogP contribution is -2.30. The number of ether oxygens (including phenoxy) is 2. The zero-order valence-corrected chi connectivity index (χ0v) is 12.5. The monoisotopic (exact) mass is 283 g/mol. The van der Waals surface area contributed by atoms with Crippen molar-refractivity contribution in [3.8, 4) is 11.5 Å². The van der Waals surface area contributed by atoms with E-state index in [0.717, 1.165) is 23.5 Å². The largest absolute Gasteiger partial charge is 0.491 e. The number of benzene rings is 2. The summed E-state index contributed by atoms with van der Waals surface area (Å²) in [4.78, 5) is 0. The normalized spacial score (nSPS) is 18.2. The van der Waals surface area contributed by atoms with Gasteiger partial charge in [0, 0.05) is 6.42 Å². The fourth-order valence-corrected chi connectivity index (χ4v) is 2.69. The lowest BCUT2D eigenvalue weighted by Gasteiger charge is -2.20. The van der Waals surface area contributed by atoms with Crippen molar-refractivity contribution < 1.29 is 9.47 Å². The van der Waals surface area contributed by atoms with E-state index in [1.165, 1.54) is 5.56 Å². The van der Waals surface area contributed by atoms with Crippen LogP contribution in [0.4, 0.5) is 0 Å². The molecule has 0 bridgehead atoms. The molecule has 0 aromatic heterocycles. The molecule has 3 rings (SSSR count). The quantitative estimate of drug-likeness (QED) is 0.934. The molecule has 0 saturated carbocycles.